The molecule has 0 bridgehead atoms. The molecule has 2 aromatic rings. The van der Waals surface area contributed by atoms with E-state index in [1.165, 1.54) is 54.3 Å². The number of nitro groups is 1. The molecule has 1 N–H and O–H groups in total. The van der Waals surface area contributed by atoms with Crippen molar-refractivity contribution >= 4 is 33.2 Å². The highest BCUT2D eigenvalue weighted by molar-refractivity contribution is 7.92. The molecule has 190 valence electrons. The summed E-state index contributed by atoms with van der Waals surface area (Å²) in [5.74, 6) is -1.45. The maximum Gasteiger partial charge on any atom is 0.271 e. The highest BCUT2D eigenvalue weighted by Crippen LogP contribution is 2.24. The van der Waals surface area contributed by atoms with Crippen molar-refractivity contribution in [3.05, 3.63) is 70.0 Å². The zero-order valence-electron chi connectivity index (χ0n) is 20.0. The fourth-order valence-corrected chi connectivity index (χ4v) is 4.04. The van der Waals surface area contributed by atoms with E-state index in [0.29, 0.717) is 12.1 Å². The molecule has 0 aliphatic heterocycles. The Bertz CT molecular complexity index is 1170. The number of carbonyl (C=O) groups is 2. The van der Waals surface area contributed by atoms with Gasteiger partial charge in [-0.3, -0.25) is 24.0 Å². The van der Waals surface area contributed by atoms with Gasteiger partial charge in [-0.1, -0.05) is 32.0 Å². The zero-order valence-corrected chi connectivity index (χ0v) is 20.8. The number of nitrogens with zero attached hydrogens (tertiary/aromatic N) is 3. The van der Waals surface area contributed by atoms with E-state index in [4.69, 9.17) is 0 Å². The highest BCUT2D eigenvalue weighted by atomic mass is 32.2. The normalized spacial score (nSPS) is 12.2. The highest BCUT2D eigenvalue weighted by Gasteiger charge is 2.30. The summed E-state index contributed by atoms with van der Waals surface area (Å²) >= 11 is 0. The van der Waals surface area contributed by atoms with Crippen LogP contribution in [0, 0.1) is 21.8 Å². The van der Waals surface area contributed by atoms with Crippen LogP contribution in [0.5, 0.6) is 0 Å². The number of non-ortho nitro benzene ring substituents is 1. The van der Waals surface area contributed by atoms with Crippen molar-refractivity contribution in [1.82, 2.24) is 10.2 Å². The van der Waals surface area contributed by atoms with Crippen molar-refractivity contribution in [2.45, 2.75) is 33.4 Å². The summed E-state index contributed by atoms with van der Waals surface area (Å²) in [6, 6.07) is 9.29. The Hall–Kier alpha value is -3.54. The second kappa shape index (κ2) is 11.7. The topological polar surface area (TPSA) is 130 Å². The van der Waals surface area contributed by atoms with Crippen LogP contribution in [0.3, 0.4) is 0 Å². The van der Waals surface area contributed by atoms with Gasteiger partial charge < -0.3 is 10.2 Å². The van der Waals surface area contributed by atoms with Gasteiger partial charge in [0.2, 0.25) is 21.8 Å². The summed E-state index contributed by atoms with van der Waals surface area (Å²) in [6.07, 6.45) is 0.877. The third-order valence-corrected chi connectivity index (χ3v) is 6.27. The van der Waals surface area contributed by atoms with Crippen LogP contribution >= 0.6 is 0 Å². The monoisotopic (exact) mass is 508 g/mol. The Morgan fingerprint density at radius 1 is 1.11 bits per heavy atom. The lowest BCUT2D eigenvalue weighted by atomic mass is 10.1. The minimum Gasteiger partial charge on any atom is -0.354 e. The molecule has 10 nitrogen and oxygen atoms in total. The number of anilines is 1. The Labute approximate surface area is 203 Å². The number of carbonyl (C=O) groups excluding carboxylic acids is 2. The van der Waals surface area contributed by atoms with E-state index in [9.17, 15) is 32.5 Å². The average Bonchev–Trinajstić information content (AvgIpc) is 2.79. The van der Waals surface area contributed by atoms with Gasteiger partial charge in [0.25, 0.3) is 5.69 Å². The zero-order chi connectivity index (χ0) is 26.3. The van der Waals surface area contributed by atoms with Crippen molar-refractivity contribution in [1.29, 1.82) is 0 Å². The molecule has 12 heteroatoms. The molecule has 2 amide bonds. The SMILES string of the molecule is CC(C)CNC(=O)[C@@H](C)N(Cc1ccc(F)cc1)C(=O)CN(c1cccc([N+](=O)[O-])c1)S(C)(=O)=O. The first-order chi connectivity index (χ1) is 16.3. The summed E-state index contributed by atoms with van der Waals surface area (Å²) in [4.78, 5) is 37.8. The predicted octanol–water partition coefficient (Wildman–Crippen LogP) is 2.69. The summed E-state index contributed by atoms with van der Waals surface area (Å²) in [7, 11) is -4.02. The van der Waals surface area contributed by atoms with Crippen molar-refractivity contribution in [3.63, 3.8) is 0 Å². The molecule has 35 heavy (non-hydrogen) atoms. The van der Waals surface area contributed by atoms with E-state index < -0.39 is 45.2 Å². The molecule has 0 aromatic heterocycles. The van der Waals surface area contributed by atoms with Crippen molar-refractivity contribution < 1.29 is 27.3 Å². The van der Waals surface area contributed by atoms with Crippen LogP contribution in [-0.2, 0) is 26.2 Å². The largest absolute Gasteiger partial charge is 0.354 e. The summed E-state index contributed by atoms with van der Waals surface area (Å²) in [5, 5.41) is 13.9. The second-order valence-corrected chi connectivity index (χ2v) is 10.4. The van der Waals surface area contributed by atoms with Gasteiger partial charge >= 0.3 is 0 Å². The Kier molecular flexibility index (Phi) is 9.29. The quantitative estimate of drug-likeness (QED) is 0.367. The fraction of sp³-hybridized carbons (Fsp3) is 0.391. The third-order valence-electron chi connectivity index (χ3n) is 5.13. The minimum absolute atomic E-state index is 0.0614. The van der Waals surface area contributed by atoms with Gasteiger partial charge in [0.15, 0.2) is 0 Å². The number of nitro benzene ring substituents is 1. The van der Waals surface area contributed by atoms with Crippen molar-refractivity contribution in [2.24, 2.45) is 5.92 Å². The summed E-state index contributed by atoms with van der Waals surface area (Å²) in [6.45, 7) is 4.94. The van der Waals surface area contributed by atoms with Crippen LogP contribution in [0.2, 0.25) is 0 Å². The van der Waals surface area contributed by atoms with Crippen molar-refractivity contribution in [3.8, 4) is 0 Å². The molecule has 0 aliphatic carbocycles. The van der Waals surface area contributed by atoms with Crippen LogP contribution in [0.25, 0.3) is 0 Å². The first kappa shape index (κ1) is 27.7. The van der Waals surface area contributed by atoms with Crippen LogP contribution < -0.4 is 9.62 Å². The molecule has 0 radical (unpaired) electrons. The van der Waals surface area contributed by atoms with E-state index in [-0.39, 0.29) is 23.8 Å². The van der Waals surface area contributed by atoms with Crippen LogP contribution in [0.15, 0.2) is 48.5 Å². The lowest BCUT2D eigenvalue weighted by Gasteiger charge is -2.31. The van der Waals surface area contributed by atoms with Crippen molar-refractivity contribution in [2.75, 3.05) is 23.7 Å². The maximum atomic E-state index is 13.4. The molecule has 0 spiro atoms. The number of hydrogen-bond donors (Lipinski definition) is 1. The Morgan fingerprint density at radius 3 is 2.29 bits per heavy atom. The number of nitrogens with one attached hydrogen (secondary N) is 1. The van der Waals surface area contributed by atoms with Gasteiger partial charge in [0, 0.05) is 25.2 Å². The number of benzene rings is 2. The lowest BCUT2D eigenvalue weighted by Crippen LogP contribution is -2.51. The predicted molar refractivity (Wildman–Crippen MR) is 130 cm³/mol. The number of sulfonamides is 1. The number of halogens is 1. The molecular formula is C23H29FN4O6S. The molecule has 0 fully saturated rings. The maximum absolute atomic E-state index is 13.4. The number of rotatable bonds is 11. The van der Waals surface area contributed by atoms with E-state index in [1.54, 1.807) is 0 Å². The first-order valence-corrected chi connectivity index (χ1v) is 12.7. The standard InChI is InChI=1S/C23H29FN4O6S/c1-16(2)13-25-23(30)17(3)26(14-18-8-10-19(24)11-9-18)22(29)15-27(35(4,33)34)20-6-5-7-21(12-20)28(31)32/h5-12,16-17H,13-15H2,1-4H3,(H,25,30)/t17-/m1/s1. The lowest BCUT2D eigenvalue weighted by molar-refractivity contribution is -0.384. The molecule has 0 saturated carbocycles. The van der Waals surface area contributed by atoms with Crippen LogP contribution in [0.1, 0.15) is 26.3 Å². The van der Waals surface area contributed by atoms with Gasteiger partial charge in [0.05, 0.1) is 16.9 Å². The van der Waals surface area contributed by atoms with Gasteiger partial charge in [-0.2, -0.15) is 0 Å². The fourth-order valence-electron chi connectivity index (χ4n) is 3.20. The molecule has 2 aromatic carbocycles. The van der Waals surface area contributed by atoms with E-state index >= 15 is 0 Å². The summed E-state index contributed by atoms with van der Waals surface area (Å²) in [5.41, 5.74) is 0.131. The van der Waals surface area contributed by atoms with Crippen LogP contribution in [0.4, 0.5) is 15.8 Å². The number of amides is 2. The van der Waals surface area contributed by atoms with E-state index in [2.05, 4.69) is 5.32 Å². The second-order valence-electron chi connectivity index (χ2n) is 8.51. The molecule has 0 heterocycles. The first-order valence-electron chi connectivity index (χ1n) is 10.8. The third kappa shape index (κ3) is 8.02. The van der Waals surface area contributed by atoms with Gasteiger partial charge in [-0.05, 0) is 36.6 Å². The van der Waals surface area contributed by atoms with Crippen LogP contribution in [-0.4, -0.2) is 55.4 Å². The number of hydrogen-bond acceptors (Lipinski definition) is 6. The van der Waals surface area contributed by atoms with Gasteiger partial charge in [0.1, 0.15) is 18.4 Å². The smallest absolute Gasteiger partial charge is 0.271 e. The molecule has 1 atom stereocenters. The summed E-state index contributed by atoms with van der Waals surface area (Å²) < 4.78 is 39.1. The van der Waals surface area contributed by atoms with E-state index in [1.807, 2.05) is 13.8 Å². The Balaban J connectivity index is 2.39. The Morgan fingerprint density at radius 2 is 1.74 bits per heavy atom. The molecule has 0 unspecified atom stereocenters. The van der Waals surface area contributed by atoms with E-state index in [0.717, 1.165) is 16.6 Å². The average molecular weight is 509 g/mol. The minimum atomic E-state index is -4.02. The molecule has 0 saturated heterocycles. The molecular weight excluding hydrogens is 479 g/mol. The van der Waals surface area contributed by atoms with Gasteiger partial charge in [-0.25, -0.2) is 12.8 Å². The molecule has 2 rings (SSSR count). The molecule has 0 aliphatic rings. The van der Waals surface area contributed by atoms with Gasteiger partial charge in [-0.15, -0.1) is 0 Å².